The van der Waals surface area contributed by atoms with Crippen LogP contribution < -0.4 is 11.1 Å². The number of piperidine rings is 1. The molecule has 0 radical (unpaired) electrons. The molecule has 5 heteroatoms. The average Bonchev–Trinajstić information content (AvgIpc) is 2.73. The molecule has 3 rings (SSSR count). The molecule has 114 valence electrons. The first kappa shape index (κ1) is 14.0. The maximum Gasteiger partial charge on any atom is 0.410 e. The van der Waals surface area contributed by atoms with Crippen molar-refractivity contribution in [2.24, 2.45) is 0 Å². The van der Waals surface area contributed by atoms with E-state index in [9.17, 15) is 4.79 Å². The minimum absolute atomic E-state index is 0.150. The highest BCUT2D eigenvalue weighted by molar-refractivity contribution is 5.69. The molecule has 21 heavy (non-hydrogen) atoms. The van der Waals surface area contributed by atoms with Crippen molar-refractivity contribution in [3.05, 3.63) is 24.3 Å². The van der Waals surface area contributed by atoms with Crippen LogP contribution in [0.4, 0.5) is 16.2 Å². The molecule has 3 N–H and O–H groups in total. The van der Waals surface area contributed by atoms with Gasteiger partial charge in [-0.05, 0) is 44.7 Å². The summed E-state index contributed by atoms with van der Waals surface area (Å²) >= 11 is 0. The lowest BCUT2D eigenvalue weighted by molar-refractivity contribution is 0.0711. The van der Waals surface area contributed by atoms with Gasteiger partial charge in [0.15, 0.2) is 0 Å². The molecule has 5 nitrogen and oxygen atoms in total. The number of hydrogen-bond acceptors (Lipinski definition) is 4. The lowest BCUT2D eigenvalue weighted by atomic mass is 9.97. The zero-order chi connectivity index (χ0) is 14.8. The van der Waals surface area contributed by atoms with Crippen molar-refractivity contribution in [3.63, 3.8) is 0 Å². The number of rotatable bonds is 3. The summed E-state index contributed by atoms with van der Waals surface area (Å²) in [7, 11) is 0. The number of anilines is 2. The molecular formula is C16H23N3O2. The van der Waals surface area contributed by atoms with Gasteiger partial charge in [-0.1, -0.05) is 12.1 Å². The predicted molar refractivity (Wildman–Crippen MR) is 83.2 cm³/mol. The monoisotopic (exact) mass is 289 g/mol. The number of nitrogen functional groups attached to an aromatic ring is 1. The van der Waals surface area contributed by atoms with Gasteiger partial charge in [0.05, 0.1) is 18.0 Å². The summed E-state index contributed by atoms with van der Waals surface area (Å²) in [6, 6.07) is 8.81. The van der Waals surface area contributed by atoms with E-state index in [1.807, 2.05) is 36.1 Å². The van der Waals surface area contributed by atoms with E-state index in [-0.39, 0.29) is 6.09 Å². The van der Waals surface area contributed by atoms with E-state index in [0.29, 0.717) is 24.7 Å². The topological polar surface area (TPSA) is 67.6 Å². The second-order valence-electron chi connectivity index (χ2n) is 5.89. The molecule has 3 atom stereocenters. The van der Waals surface area contributed by atoms with Crippen LogP contribution in [0.5, 0.6) is 0 Å². The highest BCUT2D eigenvalue weighted by atomic mass is 16.6. The van der Waals surface area contributed by atoms with Crippen LogP contribution in [0.25, 0.3) is 0 Å². The predicted octanol–water partition coefficient (Wildman–Crippen LogP) is 2.83. The van der Waals surface area contributed by atoms with Gasteiger partial charge < -0.3 is 20.7 Å². The number of nitrogens with two attached hydrogens (primary N) is 1. The average molecular weight is 289 g/mol. The molecule has 2 fully saturated rings. The molecule has 2 heterocycles. The Kier molecular flexibility index (Phi) is 3.90. The number of hydrogen-bond donors (Lipinski definition) is 2. The molecule has 2 bridgehead atoms. The van der Waals surface area contributed by atoms with Crippen molar-refractivity contribution in [2.45, 2.75) is 50.7 Å². The Morgan fingerprint density at radius 1 is 1.33 bits per heavy atom. The maximum absolute atomic E-state index is 12.0. The first-order valence-electron chi connectivity index (χ1n) is 7.75. The second-order valence-corrected chi connectivity index (χ2v) is 5.89. The van der Waals surface area contributed by atoms with Gasteiger partial charge in [0.2, 0.25) is 0 Å². The lowest BCUT2D eigenvalue weighted by Gasteiger charge is -2.38. The fourth-order valence-electron chi connectivity index (χ4n) is 3.64. The summed E-state index contributed by atoms with van der Waals surface area (Å²) < 4.78 is 5.18. The standard InChI is InChI=1S/C16H23N3O2/c1-2-21-16(20)19-12-7-8-13(19)10-11(9-12)18-15-6-4-3-5-14(15)17/h3-6,11-13,18H,2,7-10,17H2,1H3/t11?,12-,13+. The van der Waals surface area contributed by atoms with Gasteiger partial charge in [-0.15, -0.1) is 0 Å². The first-order valence-corrected chi connectivity index (χ1v) is 7.75. The van der Waals surface area contributed by atoms with Gasteiger partial charge in [0, 0.05) is 18.1 Å². The number of ether oxygens (including phenoxy) is 1. The van der Waals surface area contributed by atoms with E-state index < -0.39 is 0 Å². The number of nitrogens with zero attached hydrogens (tertiary/aromatic N) is 1. The Bertz CT molecular complexity index is 506. The summed E-state index contributed by atoms with van der Waals surface area (Å²) in [4.78, 5) is 14.0. The molecule has 0 aromatic heterocycles. The van der Waals surface area contributed by atoms with Crippen molar-refractivity contribution in [1.82, 2.24) is 4.90 Å². The third-order valence-corrected chi connectivity index (χ3v) is 4.53. The number of amides is 1. The SMILES string of the molecule is CCOC(=O)N1[C@@H]2CC[C@H]1CC(Nc1ccccc1N)C2. The smallest absolute Gasteiger partial charge is 0.410 e. The van der Waals surface area contributed by atoms with Crippen molar-refractivity contribution in [3.8, 4) is 0 Å². The van der Waals surface area contributed by atoms with E-state index >= 15 is 0 Å². The van der Waals surface area contributed by atoms with Gasteiger partial charge >= 0.3 is 6.09 Å². The number of carbonyl (C=O) groups excluding carboxylic acids is 1. The molecule has 2 aliphatic heterocycles. The second kappa shape index (κ2) is 5.84. The fourth-order valence-corrected chi connectivity index (χ4v) is 3.64. The summed E-state index contributed by atoms with van der Waals surface area (Å²) in [5.41, 5.74) is 7.76. The third-order valence-electron chi connectivity index (χ3n) is 4.53. The highest BCUT2D eigenvalue weighted by Gasteiger charge is 2.44. The van der Waals surface area contributed by atoms with Crippen molar-refractivity contribution >= 4 is 17.5 Å². The summed E-state index contributed by atoms with van der Waals surface area (Å²) in [5, 5.41) is 3.54. The largest absolute Gasteiger partial charge is 0.450 e. The van der Waals surface area contributed by atoms with Crippen LogP contribution in [0.15, 0.2) is 24.3 Å². The van der Waals surface area contributed by atoms with E-state index in [1.165, 1.54) is 0 Å². The van der Waals surface area contributed by atoms with E-state index in [1.54, 1.807) is 0 Å². The van der Waals surface area contributed by atoms with E-state index in [2.05, 4.69) is 5.32 Å². The molecule has 1 amide bonds. The molecule has 1 aromatic rings. The summed E-state index contributed by atoms with van der Waals surface area (Å²) in [5.74, 6) is 0. The quantitative estimate of drug-likeness (QED) is 0.840. The zero-order valence-electron chi connectivity index (χ0n) is 12.4. The van der Waals surface area contributed by atoms with Gasteiger partial charge in [-0.25, -0.2) is 4.79 Å². The first-order chi connectivity index (χ1) is 10.2. The normalized spacial score (nSPS) is 27.5. The van der Waals surface area contributed by atoms with Crippen LogP contribution in [0.2, 0.25) is 0 Å². The molecule has 1 unspecified atom stereocenters. The fraction of sp³-hybridized carbons (Fsp3) is 0.562. The zero-order valence-corrected chi connectivity index (χ0v) is 12.4. The van der Waals surface area contributed by atoms with Crippen LogP contribution in [0, 0.1) is 0 Å². The summed E-state index contributed by atoms with van der Waals surface area (Å²) in [6.07, 6.45) is 3.92. The number of nitrogens with one attached hydrogen (secondary N) is 1. The van der Waals surface area contributed by atoms with Crippen molar-refractivity contribution < 1.29 is 9.53 Å². The molecule has 0 saturated carbocycles. The Hall–Kier alpha value is -1.91. The summed E-state index contributed by atoms with van der Waals surface area (Å²) in [6.45, 7) is 2.29. The van der Waals surface area contributed by atoms with Crippen LogP contribution in [-0.4, -0.2) is 35.7 Å². The lowest BCUT2D eigenvalue weighted by Crippen LogP contribution is -2.49. The van der Waals surface area contributed by atoms with Crippen LogP contribution in [-0.2, 0) is 4.74 Å². The Morgan fingerprint density at radius 3 is 2.62 bits per heavy atom. The van der Waals surface area contributed by atoms with Crippen LogP contribution in [0.1, 0.15) is 32.6 Å². The number of fused-ring (bicyclic) bond motifs is 2. The van der Waals surface area contributed by atoms with Gasteiger partial charge in [0.1, 0.15) is 0 Å². The van der Waals surface area contributed by atoms with Gasteiger partial charge in [-0.3, -0.25) is 0 Å². The van der Waals surface area contributed by atoms with E-state index in [0.717, 1.165) is 37.1 Å². The molecule has 1 aromatic carbocycles. The number of carbonyl (C=O) groups is 1. The van der Waals surface area contributed by atoms with Crippen LogP contribution >= 0.6 is 0 Å². The Balaban J connectivity index is 1.66. The third kappa shape index (κ3) is 2.77. The highest BCUT2D eigenvalue weighted by Crippen LogP contribution is 2.37. The molecule has 2 aliphatic rings. The van der Waals surface area contributed by atoms with E-state index in [4.69, 9.17) is 10.5 Å². The molecule has 2 saturated heterocycles. The van der Waals surface area contributed by atoms with Gasteiger partial charge in [0.25, 0.3) is 0 Å². The molecular weight excluding hydrogens is 266 g/mol. The van der Waals surface area contributed by atoms with Gasteiger partial charge in [-0.2, -0.15) is 0 Å². The van der Waals surface area contributed by atoms with Crippen molar-refractivity contribution in [1.29, 1.82) is 0 Å². The Morgan fingerprint density at radius 2 is 2.00 bits per heavy atom. The minimum atomic E-state index is -0.150. The molecule has 0 aliphatic carbocycles. The molecule has 0 spiro atoms. The number of benzene rings is 1. The Labute approximate surface area is 125 Å². The minimum Gasteiger partial charge on any atom is -0.450 e. The van der Waals surface area contributed by atoms with Crippen molar-refractivity contribution in [2.75, 3.05) is 17.7 Å². The number of para-hydroxylation sites is 2. The maximum atomic E-state index is 12.0. The van der Waals surface area contributed by atoms with Crippen LogP contribution in [0.3, 0.4) is 0 Å².